The van der Waals surface area contributed by atoms with Crippen LogP contribution in [0.4, 0.5) is 0 Å². The van der Waals surface area contributed by atoms with Crippen molar-refractivity contribution in [2.45, 2.75) is 38.1 Å². The average molecular weight is 372 g/mol. The molecule has 138 valence electrons. The van der Waals surface area contributed by atoms with Crippen molar-refractivity contribution in [2.24, 2.45) is 0 Å². The van der Waals surface area contributed by atoms with Gasteiger partial charge in [-0.3, -0.25) is 4.79 Å². The van der Waals surface area contributed by atoms with E-state index in [4.69, 9.17) is 9.47 Å². The Morgan fingerprint density at radius 3 is 2.77 bits per heavy atom. The number of aryl methyl sites for hydroxylation is 2. The van der Waals surface area contributed by atoms with Crippen LogP contribution in [0.5, 0.6) is 11.5 Å². The second-order valence-corrected chi connectivity index (χ2v) is 7.50. The van der Waals surface area contributed by atoms with Gasteiger partial charge < -0.3 is 14.8 Å². The Morgan fingerprint density at radius 1 is 1.27 bits per heavy atom. The Hall–Kier alpha value is -2.14. The number of carbonyl (C=O) groups excluding carboxylic acids is 1. The van der Waals surface area contributed by atoms with Crippen molar-refractivity contribution in [3.8, 4) is 11.5 Å². The lowest BCUT2D eigenvalue weighted by Gasteiger charge is -2.28. The molecule has 1 atom stereocenters. The first-order valence-corrected chi connectivity index (χ1v) is 9.94. The number of carbonyl (C=O) groups is 1. The lowest BCUT2D eigenvalue weighted by molar-refractivity contribution is -0.119. The Kier molecular flexibility index (Phi) is 6.09. The second kappa shape index (κ2) is 8.49. The summed E-state index contributed by atoms with van der Waals surface area (Å²) >= 11 is 1.53. The van der Waals surface area contributed by atoms with E-state index in [1.165, 1.54) is 17.3 Å². The van der Waals surface area contributed by atoms with Gasteiger partial charge in [-0.15, -0.1) is 11.8 Å². The van der Waals surface area contributed by atoms with E-state index in [1.54, 1.807) is 0 Å². The van der Waals surface area contributed by atoms with Crippen molar-refractivity contribution in [2.75, 3.05) is 19.0 Å². The van der Waals surface area contributed by atoms with E-state index in [-0.39, 0.29) is 11.9 Å². The molecule has 0 spiro atoms. The SMILES string of the molecule is CCOc1ccc(SCC(=O)NC2CCOc3c(C)cc(C)cc32)cc1. The van der Waals surface area contributed by atoms with Crippen LogP contribution in [0, 0.1) is 13.8 Å². The Balaban J connectivity index is 1.59. The molecular formula is C21H25NO3S. The molecule has 26 heavy (non-hydrogen) atoms. The van der Waals surface area contributed by atoms with Crippen molar-refractivity contribution in [3.05, 3.63) is 53.1 Å². The molecular weight excluding hydrogens is 346 g/mol. The zero-order valence-corrected chi connectivity index (χ0v) is 16.3. The number of fused-ring (bicyclic) bond motifs is 1. The summed E-state index contributed by atoms with van der Waals surface area (Å²) in [5.74, 6) is 2.21. The number of ether oxygens (including phenoxy) is 2. The minimum atomic E-state index is 0.0192. The minimum Gasteiger partial charge on any atom is -0.494 e. The van der Waals surface area contributed by atoms with Crippen LogP contribution in [0.15, 0.2) is 41.3 Å². The smallest absolute Gasteiger partial charge is 0.230 e. The quantitative estimate of drug-likeness (QED) is 0.763. The predicted molar refractivity (Wildman–Crippen MR) is 105 cm³/mol. The number of amides is 1. The Labute approximate surface area is 159 Å². The normalized spacial score (nSPS) is 15.7. The molecule has 0 fully saturated rings. The van der Waals surface area contributed by atoms with Gasteiger partial charge in [-0.1, -0.05) is 17.7 Å². The third kappa shape index (κ3) is 4.52. The van der Waals surface area contributed by atoms with Crippen LogP contribution >= 0.6 is 11.8 Å². The molecule has 4 nitrogen and oxygen atoms in total. The van der Waals surface area contributed by atoms with Crippen LogP contribution in [-0.4, -0.2) is 24.9 Å². The molecule has 0 saturated carbocycles. The summed E-state index contributed by atoms with van der Waals surface area (Å²) < 4.78 is 11.3. The summed E-state index contributed by atoms with van der Waals surface area (Å²) in [7, 11) is 0. The van der Waals surface area contributed by atoms with Crippen molar-refractivity contribution >= 4 is 17.7 Å². The highest BCUT2D eigenvalue weighted by Gasteiger charge is 2.24. The van der Waals surface area contributed by atoms with Crippen LogP contribution in [0.1, 0.15) is 36.1 Å². The lowest BCUT2D eigenvalue weighted by atomic mass is 9.96. The fraction of sp³-hybridized carbons (Fsp3) is 0.381. The van der Waals surface area contributed by atoms with Crippen LogP contribution in [0.2, 0.25) is 0 Å². The molecule has 1 heterocycles. The van der Waals surface area contributed by atoms with Gasteiger partial charge in [0.25, 0.3) is 0 Å². The van der Waals surface area contributed by atoms with E-state index >= 15 is 0 Å². The molecule has 3 rings (SSSR count). The van der Waals surface area contributed by atoms with E-state index in [9.17, 15) is 4.79 Å². The number of rotatable bonds is 6. The lowest BCUT2D eigenvalue weighted by Crippen LogP contribution is -2.33. The van der Waals surface area contributed by atoms with Gasteiger partial charge in [0.1, 0.15) is 11.5 Å². The molecule has 2 aromatic rings. The van der Waals surface area contributed by atoms with Gasteiger partial charge in [0.15, 0.2) is 0 Å². The van der Waals surface area contributed by atoms with Crippen molar-refractivity contribution in [1.29, 1.82) is 0 Å². The first-order valence-electron chi connectivity index (χ1n) is 8.95. The number of benzene rings is 2. The van der Waals surface area contributed by atoms with Gasteiger partial charge in [-0.2, -0.15) is 0 Å². The van der Waals surface area contributed by atoms with Gasteiger partial charge in [0.2, 0.25) is 5.91 Å². The fourth-order valence-corrected chi connectivity index (χ4v) is 3.92. The molecule has 1 amide bonds. The zero-order valence-electron chi connectivity index (χ0n) is 15.5. The van der Waals surface area contributed by atoms with Crippen molar-refractivity contribution in [3.63, 3.8) is 0 Å². The van der Waals surface area contributed by atoms with Crippen molar-refractivity contribution in [1.82, 2.24) is 5.32 Å². The highest BCUT2D eigenvalue weighted by molar-refractivity contribution is 8.00. The van der Waals surface area contributed by atoms with Gasteiger partial charge in [0.05, 0.1) is 25.0 Å². The third-order valence-electron chi connectivity index (χ3n) is 4.32. The molecule has 5 heteroatoms. The van der Waals surface area contributed by atoms with Crippen LogP contribution < -0.4 is 14.8 Å². The molecule has 1 N–H and O–H groups in total. The predicted octanol–water partition coefficient (Wildman–Crippen LogP) is 4.43. The average Bonchev–Trinajstić information content (AvgIpc) is 2.62. The largest absolute Gasteiger partial charge is 0.494 e. The monoisotopic (exact) mass is 371 g/mol. The summed E-state index contributed by atoms with van der Waals surface area (Å²) in [6.45, 7) is 7.37. The van der Waals surface area contributed by atoms with E-state index in [0.29, 0.717) is 19.0 Å². The molecule has 0 saturated heterocycles. The summed E-state index contributed by atoms with van der Waals surface area (Å²) in [5, 5.41) is 3.17. The van der Waals surface area contributed by atoms with Gasteiger partial charge in [0, 0.05) is 16.9 Å². The molecule has 1 aliphatic heterocycles. The van der Waals surface area contributed by atoms with Gasteiger partial charge in [-0.05, 0) is 50.6 Å². The molecule has 0 radical (unpaired) electrons. The summed E-state index contributed by atoms with van der Waals surface area (Å²) in [6.07, 6.45) is 0.801. The maximum atomic E-state index is 12.4. The molecule has 0 bridgehead atoms. The minimum absolute atomic E-state index is 0.0192. The highest BCUT2D eigenvalue weighted by Crippen LogP contribution is 2.35. The van der Waals surface area contributed by atoms with Crippen LogP contribution in [0.25, 0.3) is 0 Å². The molecule has 2 aromatic carbocycles. The molecule has 0 aromatic heterocycles. The first-order chi connectivity index (χ1) is 12.6. The van der Waals surface area contributed by atoms with Gasteiger partial charge in [-0.25, -0.2) is 0 Å². The summed E-state index contributed by atoms with van der Waals surface area (Å²) in [6, 6.07) is 12.1. The number of nitrogens with one attached hydrogen (secondary N) is 1. The molecule has 0 aliphatic carbocycles. The number of hydrogen-bond acceptors (Lipinski definition) is 4. The Morgan fingerprint density at radius 2 is 2.04 bits per heavy atom. The van der Waals surface area contributed by atoms with Crippen LogP contribution in [0.3, 0.4) is 0 Å². The molecule has 1 aliphatic rings. The first kappa shape index (κ1) is 18.6. The third-order valence-corrected chi connectivity index (χ3v) is 5.33. The van der Waals surface area contributed by atoms with E-state index in [0.717, 1.165) is 33.9 Å². The summed E-state index contributed by atoms with van der Waals surface area (Å²) in [4.78, 5) is 13.5. The maximum Gasteiger partial charge on any atom is 0.230 e. The van der Waals surface area contributed by atoms with Crippen LogP contribution in [-0.2, 0) is 4.79 Å². The number of hydrogen-bond donors (Lipinski definition) is 1. The topological polar surface area (TPSA) is 47.6 Å². The Bertz CT molecular complexity index is 774. The number of thioether (sulfide) groups is 1. The van der Waals surface area contributed by atoms with Crippen molar-refractivity contribution < 1.29 is 14.3 Å². The van der Waals surface area contributed by atoms with E-state index in [1.807, 2.05) is 31.2 Å². The molecule has 1 unspecified atom stereocenters. The second-order valence-electron chi connectivity index (χ2n) is 6.45. The van der Waals surface area contributed by atoms with Gasteiger partial charge >= 0.3 is 0 Å². The summed E-state index contributed by atoms with van der Waals surface area (Å²) in [5.41, 5.74) is 3.41. The van der Waals surface area contributed by atoms with E-state index < -0.39 is 0 Å². The van der Waals surface area contributed by atoms with E-state index in [2.05, 4.69) is 31.3 Å². The fourth-order valence-electron chi connectivity index (χ4n) is 3.21. The maximum absolute atomic E-state index is 12.4. The standard InChI is InChI=1S/C21H25NO3S/c1-4-24-16-5-7-17(8-6-16)26-13-20(23)22-19-9-10-25-21-15(3)11-14(2)12-18(19)21/h5-8,11-12,19H,4,9-10,13H2,1-3H3,(H,22,23). The highest BCUT2D eigenvalue weighted by atomic mass is 32.2. The zero-order chi connectivity index (χ0) is 18.5.